The Morgan fingerprint density at radius 3 is 2.41 bits per heavy atom. The molecular formula is C26H29N5O. The van der Waals surface area contributed by atoms with E-state index < -0.39 is 0 Å². The Morgan fingerprint density at radius 1 is 1.00 bits per heavy atom. The number of amides is 1. The maximum absolute atomic E-state index is 12.9. The molecule has 1 saturated heterocycles. The van der Waals surface area contributed by atoms with Crippen molar-refractivity contribution in [2.45, 2.75) is 39.0 Å². The van der Waals surface area contributed by atoms with Crippen LogP contribution < -0.4 is 10.3 Å². The van der Waals surface area contributed by atoms with Crippen LogP contribution >= 0.6 is 0 Å². The number of hydrogen-bond donors (Lipinski definition) is 1. The molecule has 0 saturated carbocycles. The molecule has 0 spiro atoms. The smallest absolute Gasteiger partial charge is 0.290 e. The number of carbonyl (C=O) groups is 1. The summed E-state index contributed by atoms with van der Waals surface area (Å²) >= 11 is 0. The Balaban J connectivity index is 1.54. The van der Waals surface area contributed by atoms with Crippen molar-refractivity contribution in [3.05, 3.63) is 77.5 Å². The van der Waals surface area contributed by atoms with E-state index in [0.29, 0.717) is 17.6 Å². The van der Waals surface area contributed by atoms with Gasteiger partial charge >= 0.3 is 0 Å². The predicted octanol–water partition coefficient (Wildman–Crippen LogP) is 5.02. The van der Waals surface area contributed by atoms with Crippen molar-refractivity contribution in [1.82, 2.24) is 15.4 Å². The van der Waals surface area contributed by atoms with Gasteiger partial charge in [-0.05, 0) is 42.4 Å². The number of carbonyl (C=O) groups excluding carboxylic acids is 1. The molecule has 4 rings (SSSR count). The van der Waals surface area contributed by atoms with E-state index in [2.05, 4.69) is 46.4 Å². The van der Waals surface area contributed by atoms with E-state index in [0.717, 1.165) is 42.8 Å². The van der Waals surface area contributed by atoms with Gasteiger partial charge in [-0.3, -0.25) is 4.79 Å². The fourth-order valence-corrected chi connectivity index (χ4v) is 3.73. The first kappa shape index (κ1) is 21.7. The topological polar surface area (TPSA) is 70.5 Å². The van der Waals surface area contributed by atoms with Gasteiger partial charge < -0.3 is 4.90 Å². The van der Waals surface area contributed by atoms with Crippen molar-refractivity contribution in [2.24, 2.45) is 5.10 Å². The lowest BCUT2D eigenvalue weighted by Crippen LogP contribution is -2.32. The second kappa shape index (κ2) is 10.2. The third-order valence-corrected chi connectivity index (χ3v) is 5.64. The highest BCUT2D eigenvalue weighted by atomic mass is 16.2. The van der Waals surface area contributed by atoms with Gasteiger partial charge in [0.05, 0.1) is 11.9 Å². The van der Waals surface area contributed by atoms with Gasteiger partial charge in [0, 0.05) is 18.7 Å². The summed E-state index contributed by atoms with van der Waals surface area (Å²) in [6, 6.07) is 19.8. The van der Waals surface area contributed by atoms with Gasteiger partial charge in [0.2, 0.25) is 5.95 Å². The quantitative estimate of drug-likeness (QED) is 0.443. The molecule has 6 nitrogen and oxygen atoms in total. The van der Waals surface area contributed by atoms with E-state index in [1.54, 1.807) is 12.3 Å². The molecule has 164 valence electrons. The Hall–Kier alpha value is -3.54. The zero-order valence-electron chi connectivity index (χ0n) is 18.7. The van der Waals surface area contributed by atoms with Crippen LogP contribution in [0.1, 0.15) is 60.6 Å². The van der Waals surface area contributed by atoms with E-state index in [1.807, 2.05) is 42.5 Å². The second-order valence-corrected chi connectivity index (χ2v) is 8.37. The average Bonchev–Trinajstić information content (AvgIpc) is 2.85. The number of rotatable bonds is 6. The van der Waals surface area contributed by atoms with Crippen LogP contribution in [0.3, 0.4) is 0 Å². The number of nitrogens with one attached hydrogen (secondary N) is 1. The van der Waals surface area contributed by atoms with Crippen molar-refractivity contribution in [2.75, 3.05) is 18.0 Å². The minimum absolute atomic E-state index is 0.312. The Labute approximate surface area is 189 Å². The zero-order valence-corrected chi connectivity index (χ0v) is 18.7. The molecule has 6 heteroatoms. The molecule has 1 aliphatic rings. The SMILES string of the molecule is CC(C)c1ccc(/C=N/NC(=O)c2cc(-c3ccccc3)nc(N3CCCCC3)n2)cc1. The van der Waals surface area contributed by atoms with Crippen LogP contribution in [0.2, 0.25) is 0 Å². The largest absolute Gasteiger partial charge is 0.341 e. The van der Waals surface area contributed by atoms with Gasteiger partial charge in [-0.1, -0.05) is 68.4 Å². The number of anilines is 1. The van der Waals surface area contributed by atoms with Crippen LogP contribution in [0.4, 0.5) is 5.95 Å². The highest BCUT2D eigenvalue weighted by Crippen LogP contribution is 2.23. The number of aromatic nitrogens is 2. The first-order chi connectivity index (χ1) is 15.6. The molecule has 32 heavy (non-hydrogen) atoms. The molecule has 1 N–H and O–H groups in total. The molecule has 1 aliphatic heterocycles. The molecule has 2 heterocycles. The highest BCUT2D eigenvalue weighted by molar-refractivity contribution is 5.94. The molecule has 1 amide bonds. The average molecular weight is 428 g/mol. The zero-order chi connectivity index (χ0) is 22.3. The van der Waals surface area contributed by atoms with Crippen molar-refractivity contribution in [3.63, 3.8) is 0 Å². The first-order valence-corrected chi connectivity index (χ1v) is 11.2. The van der Waals surface area contributed by atoms with Crippen LogP contribution in [0, 0.1) is 0 Å². The lowest BCUT2D eigenvalue weighted by molar-refractivity contribution is 0.0950. The summed E-state index contributed by atoms with van der Waals surface area (Å²) in [5.41, 5.74) is 6.81. The fourth-order valence-electron chi connectivity index (χ4n) is 3.73. The van der Waals surface area contributed by atoms with Crippen LogP contribution in [0.15, 0.2) is 65.8 Å². The van der Waals surface area contributed by atoms with Crippen molar-refractivity contribution < 1.29 is 4.79 Å². The maximum Gasteiger partial charge on any atom is 0.290 e. The number of hydrogen-bond acceptors (Lipinski definition) is 5. The van der Waals surface area contributed by atoms with Crippen molar-refractivity contribution in [1.29, 1.82) is 0 Å². The standard InChI is InChI=1S/C26H29N5O/c1-19(2)21-13-11-20(12-14-21)18-27-30-25(32)24-17-23(22-9-5-3-6-10-22)28-26(29-24)31-15-7-4-8-16-31/h3,5-6,9-14,17-19H,4,7-8,15-16H2,1-2H3,(H,30,32)/b27-18+. The summed E-state index contributed by atoms with van der Waals surface area (Å²) in [7, 11) is 0. The van der Waals surface area contributed by atoms with Crippen LogP contribution in [0.5, 0.6) is 0 Å². The predicted molar refractivity (Wildman–Crippen MR) is 129 cm³/mol. The summed E-state index contributed by atoms with van der Waals surface area (Å²) in [6.45, 7) is 6.13. The minimum atomic E-state index is -0.349. The third kappa shape index (κ3) is 5.38. The molecule has 0 bridgehead atoms. The molecule has 0 atom stereocenters. The minimum Gasteiger partial charge on any atom is -0.341 e. The molecule has 0 unspecified atom stereocenters. The maximum atomic E-state index is 12.9. The summed E-state index contributed by atoms with van der Waals surface area (Å²) in [5, 5.41) is 4.14. The molecular weight excluding hydrogens is 398 g/mol. The fraction of sp³-hybridized carbons (Fsp3) is 0.308. The van der Waals surface area contributed by atoms with Crippen molar-refractivity contribution in [3.8, 4) is 11.3 Å². The summed E-state index contributed by atoms with van der Waals surface area (Å²) in [5.74, 6) is 0.730. The second-order valence-electron chi connectivity index (χ2n) is 8.37. The van der Waals surface area contributed by atoms with Gasteiger partial charge in [-0.2, -0.15) is 5.10 Å². The summed E-state index contributed by atoms with van der Waals surface area (Å²) < 4.78 is 0. The van der Waals surface area contributed by atoms with Gasteiger partial charge in [0.15, 0.2) is 0 Å². The van der Waals surface area contributed by atoms with Crippen LogP contribution in [-0.4, -0.2) is 35.2 Å². The van der Waals surface area contributed by atoms with Gasteiger partial charge in [0.1, 0.15) is 5.69 Å². The normalized spacial score (nSPS) is 14.2. The number of benzene rings is 2. The van der Waals surface area contributed by atoms with Gasteiger partial charge in [-0.15, -0.1) is 0 Å². The Morgan fingerprint density at radius 2 is 1.72 bits per heavy atom. The van der Waals surface area contributed by atoms with E-state index in [4.69, 9.17) is 4.98 Å². The van der Waals surface area contributed by atoms with Gasteiger partial charge in [0.25, 0.3) is 5.91 Å². The third-order valence-electron chi connectivity index (χ3n) is 5.64. The van der Waals surface area contributed by atoms with Crippen LogP contribution in [-0.2, 0) is 0 Å². The summed E-state index contributed by atoms with van der Waals surface area (Å²) in [4.78, 5) is 24.3. The van der Waals surface area contributed by atoms with E-state index in [1.165, 1.54) is 12.0 Å². The number of hydrazone groups is 1. The molecule has 1 fully saturated rings. The molecule has 3 aromatic rings. The van der Waals surface area contributed by atoms with E-state index >= 15 is 0 Å². The number of piperidine rings is 1. The number of nitrogens with zero attached hydrogens (tertiary/aromatic N) is 4. The van der Waals surface area contributed by atoms with Gasteiger partial charge in [-0.25, -0.2) is 15.4 Å². The van der Waals surface area contributed by atoms with E-state index in [9.17, 15) is 4.79 Å². The monoisotopic (exact) mass is 427 g/mol. The molecule has 1 aromatic heterocycles. The van der Waals surface area contributed by atoms with E-state index in [-0.39, 0.29) is 5.91 Å². The lowest BCUT2D eigenvalue weighted by atomic mass is 10.0. The summed E-state index contributed by atoms with van der Waals surface area (Å²) in [6.07, 6.45) is 5.09. The van der Waals surface area contributed by atoms with Crippen LogP contribution in [0.25, 0.3) is 11.3 Å². The molecule has 2 aromatic carbocycles. The molecule has 0 radical (unpaired) electrons. The first-order valence-electron chi connectivity index (χ1n) is 11.2. The van der Waals surface area contributed by atoms with Crippen molar-refractivity contribution >= 4 is 18.1 Å². The molecule has 0 aliphatic carbocycles. The highest BCUT2D eigenvalue weighted by Gasteiger charge is 2.18. The Bertz CT molecular complexity index is 1070. The Kier molecular flexibility index (Phi) is 6.90. The lowest BCUT2D eigenvalue weighted by Gasteiger charge is -2.27.